The first-order valence-electron chi connectivity index (χ1n) is 7.21. The normalized spacial score (nSPS) is 18.4. The van der Waals surface area contributed by atoms with Crippen molar-refractivity contribution < 1.29 is 14.6 Å². The van der Waals surface area contributed by atoms with Gasteiger partial charge in [-0.1, -0.05) is 54.1 Å². The molecule has 3 rings (SSSR count). The Morgan fingerprint density at radius 1 is 1.04 bits per heavy atom. The van der Waals surface area contributed by atoms with Crippen LogP contribution >= 0.6 is 11.6 Å². The summed E-state index contributed by atoms with van der Waals surface area (Å²) in [5.74, 6) is -0.245. The van der Waals surface area contributed by atoms with E-state index in [4.69, 9.17) is 16.3 Å². The number of allylic oxidation sites excluding steroid dienone is 1. The molecule has 1 N–H and O–H groups in total. The SMILES string of the molecule is O=CC1OC=CC(O)=C1C(c1ccccc1)c1ccc(Cl)cc1. The van der Waals surface area contributed by atoms with Gasteiger partial charge in [-0.25, -0.2) is 0 Å². The molecule has 0 spiro atoms. The third-order valence-corrected chi connectivity index (χ3v) is 4.08. The zero-order chi connectivity index (χ0) is 16.2. The smallest absolute Gasteiger partial charge is 0.179 e. The Bertz CT molecular complexity index is 748. The molecule has 1 heterocycles. The second-order valence-electron chi connectivity index (χ2n) is 5.23. The van der Waals surface area contributed by atoms with Gasteiger partial charge in [0.1, 0.15) is 5.76 Å². The maximum atomic E-state index is 11.4. The van der Waals surface area contributed by atoms with E-state index in [2.05, 4.69) is 0 Å². The Kier molecular flexibility index (Phi) is 4.49. The standard InChI is InChI=1S/C19H15ClO3/c20-15-8-6-14(7-9-15)18(13-4-2-1-3-5-13)19-16(22)10-11-23-17(19)12-21/h1-12,17-18,22H. The van der Waals surface area contributed by atoms with Crippen LogP contribution in [-0.2, 0) is 9.53 Å². The molecular weight excluding hydrogens is 312 g/mol. The van der Waals surface area contributed by atoms with E-state index in [0.717, 1.165) is 11.1 Å². The van der Waals surface area contributed by atoms with E-state index in [9.17, 15) is 9.90 Å². The van der Waals surface area contributed by atoms with Crippen LogP contribution in [0.1, 0.15) is 17.0 Å². The van der Waals surface area contributed by atoms with E-state index in [1.54, 1.807) is 12.1 Å². The van der Waals surface area contributed by atoms with Gasteiger partial charge in [-0.2, -0.15) is 0 Å². The van der Waals surface area contributed by atoms with Crippen molar-refractivity contribution in [1.82, 2.24) is 0 Å². The highest BCUT2D eigenvalue weighted by atomic mass is 35.5. The molecule has 4 heteroatoms. The molecular formula is C19H15ClO3. The molecule has 0 saturated heterocycles. The van der Waals surface area contributed by atoms with E-state index >= 15 is 0 Å². The van der Waals surface area contributed by atoms with E-state index in [-0.39, 0.29) is 11.7 Å². The molecule has 2 atom stereocenters. The van der Waals surface area contributed by atoms with Gasteiger partial charge in [0.25, 0.3) is 0 Å². The van der Waals surface area contributed by atoms with Crippen LogP contribution in [0.2, 0.25) is 5.02 Å². The third-order valence-electron chi connectivity index (χ3n) is 3.82. The Balaban J connectivity index is 2.17. The Labute approximate surface area is 139 Å². The summed E-state index contributed by atoms with van der Waals surface area (Å²) in [4.78, 5) is 11.4. The van der Waals surface area contributed by atoms with Crippen LogP contribution in [0.15, 0.2) is 78.3 Å². The van der Waals surface area contributed by atoms with Gasteiger partial charge < -0.3 is 9.84 Å². The largest absolute Gasteiger partial charge is 0.508 e. The first kappa shape index (κ1) is 15.4. The molecule has 2 aromatic carbocycles. The summed E-state index contributed by atoms with van der Waals surface area (Å²) in [5.41, 5.74) is 2.41. The zero-order valence-electron chi connectivity index (χ0n) is 12.2. The van der Waals surface area contributed by atoms with Gasteiger partial charge in [0.05, 0.1) is 6.26 Å². The predicted octanol–water partition coefficient (Wildman–Crippen LogP) is 4.40. The predicted molar refractivity (Wildman–Crippen MR) is 89.5 cm³/mol. The number of benzene rings is 2. The van der Waals surface area contributed by atoms with E-state index in [1.165, 1.54) is 12.3 Å². The summed E-state index contributed by atoms with van der Waals surface area (Å²) in [6.07, 6.45) is 2.67. The molecule has 0 fully saturated rings. The Hall–Kier alpha value is -2.52. The van der Waals surface area contributed by atoms with Crippen molar-refractivity contribution in [3.8, 4) is 0 Å². The average molecular weight is 327 g/mol. The monoisotopic (exact) mass is 326 g/mol. The van der Waals surface area contributed by atoms with Crippen LogP contribution < -0.4 is 0 Å². The molecule has 1 aliphatic rings. The van der Waals surface area contributed by atoms with E-state index < -0.39 is 6.10 Å². The van der Waals surface area contributed by atoms with Crippen LogP contribution in [0.25, 0.3) is 0 Å². The molecule has 0 aromatic heterocycles. The van der Waals surface area contributed by atoms with Gasteiger partial charge in [-0.05, 0) is 23.3 Å². The lowest BCUT2D eigenvalue weighted by Gasteiger charge is -2.27. The molecule has 0 radical (unpaired) electrons. The number of rotatable bonds is 4. The van der Waals surface area contributed by atoms with Gasteiger partial charge >= 0.3 is 0 Å². The fourth-order valence-electron chi connectivity index (χ4n) is 2.77. The molecule has 116 valence electrons. The minimum atomic E-state index is -0.819. The van der Waals surface area contributed by atoms with Crippen LogP contribution in [0.5, 0.6) is 0 Å². The number of aliphatic hydroxyl groups is 1. The summed E-state index contributed by atoms with van der Waals surface area (Å²) in [5, 5.41) is 11.0. The lowest BCUT2D eigenvalue weighted by Crippen LogP contribution is -2.25. The number of carbonyl (C=O) groups excluding carboxylic acids is 1. The number of hydrogen-bond acceptors (Lipinski definition) is 3. The highest BCUT2D eigenvalue weighted by Gasteiger charge is 2.31. The van der Waals surface area contributed by atoms with Crippen molar-refractivity contribution in [1.29, 1.82) is 0 Å². The molecule has 3 nitrogen and oxygen atoms in total. The number of halogens is 1. The minimum absolute atomic E-state index is 0.0529. The van der Waals surface area contributed by atoms with Crippen molar-refractivity contribution >= 4 is 17.9 Å². The third kappa shape index (κ3) is 3.15. The lowest BCUT2D eigenvalue weighted by atomic mass is 9.81. The number of ether oxygens (including phenoxy) is 1. The van der Waals surface area contributed by atoms with Crippen LogP contribution in [0, 0.1) is 0 Å². The molecule has 2 aromatic rings. The summed E-state index contributed by atoms with van der Waals surface area (Å²) >= 11 is 5.98. The highest BCUT2D eigenvalue weighted by molar-refractivity contribution is 6.30. The topological polar surface area (TPSA) is 46.5 Å². The Morgan fingerprint density at radius 2 is 1.70 bits per heavy atom. The van der Waals surface area contributed by atoms with Gasteiger partial charge in [-0.15, -0.1) is 0 Å². The molecule has 0 saturated carbocycles. The molecule has 0 bridgehead atoms. The first-order valence-corrected chi connectivity index (χ1v) is 7.59. The maximum absolute atomic E-state index is 11.4. The first-order chi connectivity index (χ1) is 11.2. The minimum Gasteiger partial charge on any atom is -0.508 e. The highest BCUT2D eigenvalue weighted by Crippen LogP contribution is 2.37. The van der Waals surface area contributed by atoms with Crippen molar-refractivity contribution in [2.75, 3.05) is 0 Å². The number of carbonyl (C=O) groups is 1. The van der Waals surface area contributed by atoms with Crippen molar-refractivity contribution in [2.24, 2.45) is 0 Å². The van der Waals surface area contributed by atoms with Gasteiger partial charge in [0.2, 0.25) is 0 Å². The van der Waals surface area contributed by atoms with Gasteiger partial charge in [0.15, 0.2) is 12.4 Å². The second-order valence-corrected chi connectivity index (χ2v) is 5.67. The lowest BCUT2D eigenvalue weighted by molar-refractivity contribution is -0.114. The summed E-state index contributed by atoms with van der Waals surface area (Å²) in [6.45, 7) is 0. The van der Waals surface area contributed by atoms with Crippen molar-refractivity contribution in [3.63, 3.8) is 0 Å². The number of aldehydes is 1. The van der Waals surface area contributed by atoms with Crippen LogP contribution in [0.4, 0.5) is 0 Å². The summed E-state index contributed by atoms with van der Waals surface area (Å²) in [7, 11) is 0. The number of aliphatic hydroxyl groups excluding tert-OH is 1. The van der Waals surface area contributed by atoms with Crippen molar-refractivity contribution in [3.05, 3.63) is 94.4 Å². The van der Waals surface area contributed by atoms with E-state index in [1.807, 2.05) is 42.5 Å². The van der Waals surface area contributed by atoms with Crippen LogP contribution in [0.3, 0.4) is 0 Å². The van der Waals surface area contributed by atoms with Gasteiger partial charge in [0, 0.05) is 22.6 Å². The summed E-state index contributed by atoms with van der Waals surface area (Å²) < 4.78 is 5.37. The zero-order valence-corrected chi connectivity index (χ0v) is 13.0. The average Bonchev–Trinajstić information content (AvgIpc) is 2.59. The molecule has 23 heavy (non-hydrogen) atoms. The molecule has 2 unspecified atom stereocenters. The Morgan fingerprint density at radius 3 is 2.35 bits per heavy atom. The van der Waals surface area contributed by atoms with E-state index in [0.29, 0.717) is 16.9 Å². The summed E-state index contributed by atoms with van der Waals surface area (Å²) in [6, 6.07) is 17.0. The molecule has 0 aliphatic carbocycles. The fraction of sp³-hybridized carbons (Fsp3) is 0.105. The maximum Gasteiger partial charge on any atom is 0.179 e. The van der Waals surface area contributed by atoms with Gasteiger partial charge in [-0.3, -0.25) is 4.79 Å². The molecule has 0 amide bonds. The quantitative estimate of drug-likeness (QED) is 0.847. The fourth-order valence-corrected chi connectivity index (χ4v) is 2.90. The number of hydrogen-bond donors (Lipinski definition) is 1. The second kappa shape index (κ2) is 6.71. The van der Waals surface area contributed by atoms with Crippen LogP contribution in [-0.4, -0.2) is 17.5 Å². The van der Waals surface area contributed by atoms with Crippen molar-refractivity contribution in [2.45, 2.75) is 12.0 Å². The molecule has 1 aliphatic heterocycles.